The van der Waals surface area contributed by atoms with Crippen molar-refractivity contribution in [3.63, 3.8) is 0 Å². The van der Waals surface area contributed by atoms with Crippen LogP contribution in [0.2, 0.25) is 10.0 Å². The zero-order valence-corrected chi connectivity index (χ0v) is 20.5. The number of amides is 2. The van der Waals surface area contributed by atoms with E-state index >= 15 is 0 Å². The Morgan fingerprint density at radius 1 is 1.09 bits per heavy atom. The van der Waals surface area contributed by atoms with E-state index in [-0.39, 0.29) is 48.5 Å². The Kier molecular flexibility index (Phi) is 9.36. The van der Waals surface area contributed by atoms with Crippen molar-refractivity contribution >= 4 is 50.7 Å². The molecule has 0 aliphatic carbocycles. The van der Waals surface area contributed by atoms with Crippen LogP contribution in [0, 0.1) is 0 Å². The number of anilines is 1. The van der Waals surface area contributed by atoms with Crippen LogP contribution < -0.4 is 9.62 Å². The second kappa shape index (κ2) is 11.5. The van der Waals surface area contributed by atoms with Gasteiger partial charge in [-0.1, -0.05) is 53.5 Å². The number of sulfonamides is 1. The minimum atomic E-state index is -3.66. The number of carbonyl (C=O) groups is 2. The fourth-order valence-electron chi connectivity index (χ4n) is 3.23. The Morgan fingerprint density at radius 2 is 1.75 bits per heavy atom. The van der Waals surface area contributed by atoms with Crippen molar-refractivity contribution < 1.29 is 18.0 Å². The molecule has 1 N–H and O–H groups in total. The summed E-state index contributed by atoms with van der Waals surface area (Å²) in [6.45, 7) is 1.97. The second-order valence-corrected chi connectivity index (χ2v) is 10.1. The minimum absolute atomic E-state index is 0.0398. The molecule has 10 heteroatoms. The topological polar surface area (TPSA) is 86.8 Å². The molecular weight excluding hydrogens is 473 g/mol. The molecule has 0 saturated carbocycles. The molecule has 2 amide bonds. The molecule has 0 unspecified atom stereocenters. The molecule has 1 atom stereocenters. The van der Waals surface area contributed by atoms with Gasteiger partial charge in [-0.3, -0.25) is 13.9 Å². The number of hydrogen-bond acceptors (Lipinski definition) is 4. The molecule has 2 aromatic rings. The van der Waals surface area contributed by atoms with Crippen LogP contribution in [0.1, 0.15) is 25.3 Å². The van der Waals surface area contributed by atoms with Crippen LogP contribution in [0.4, 0.5) is 5.69 Å². The highest BCUT2D eigenvalue weighted by Crippen LogP contribution is 2.31. The first-order valence-corrected chi connectivity index (χ1v) is 12.6. The highest BCUT2D eigenvalue weighted by molar-refractivity contribution is 7.92. The first-order chi connectivity index (χ1) is 15.0. The third-order valence-electron chi connectivity index (χ3n) is 4.94. The average Bonchev–Trinajstić information content (AvgIpc) is 2.75. The quantitative estimate of drug-likeness (QED) is 0.539. The molecule has 7 nitrogen and oxygen atoms in total. The Hall–Kier alpha value is -2.29. The predicted molar refractivity (Wildman–Crippen MR) is 128 cm³/mol. The monoisotopic (exact) mass is 499 g/mol. The molecule has 0 heterocycles. The van der Waals surface area contributed by atoms with Gasteiger partial charge in [0, 0.05) is 31.6 Å². The van der Waals surface area contributed by atoms with Gasteiger partial charge in [0.15, 0.2) is 0 Å². The van der Waals surface area contributed by atoms with E-state index in [0.717, 1.165) is 16.1 Å². The number of carbonyl (C=O) groups excluding carboxylic acids is 2. The van der Waals surface area contributed by atoms with Crippen molar-refractivity contribution in [3.05, 3.63) is 64.1 Å². The van der Waals surface area contributed by atoms with Crippen molar-refractivity contribution in [2.24, 2.45) is 0 Å². The zero-order chi connectivity index (χ0) is 23.9. The highest BCUT2D eigenvalue weighted by Gasteiger charge is 2.26. The summed E-state index contributed by atoms with van der Waals surface area (Å²) in [7, 11) is -2.14. The average molecular weight is 500 g/mol. The molecular formula is C22H27Cl2N3O4S. The smallest absolute Gasteiger partial charge is 0.242 e. The van der Waals surface area contributed by atoms with Gasteiger partial charge in [0.05, 0.1) is 17.0 Å². The summed E-state index contributed by atoms with van der Waals surface area (Å²) in [4.78, 5) is 26.7. The summed E-state index contributed by atoms with van der Waals surface area (Å²) in [5.41, 5.74) is 1.15. The van der Waals surface area contributed by atoms with Gasteiger partial charge in [-0.15, -0.1) is 0 Å². The van der Waals surface area contributed by atoms with Gasteiger partial charge in [-0.25, -0.2) is 8.42 Å². The van der Waals surface area contributed by atoms with Gasteiger partial charge in [0.1, 0.15) is 6.04 Å². The van der Waals surface area contributed by atoms with E-state index in [2.05, 4.69) is 5.32 Å². The van der Waals surface area contributed by atoms with E-state index in [9.17, 15) is 18.0 Å². The zero-order valence-electron chi connectivity index (χ0n) is 18.2. The molecule has 0 aliphatic rings. The Labute approximate surface area is 199 Å². The standard InChI is InChI=1S/C22H27Cl2N3O4S/c1-16(22(29)25-2)26(15-17-8-5-4-6-9-17)21(28)10-7-13-27(32(3,30)31)20-14-18(23)11-12-19(20)24/h4-6,8-9,11-12,14,16H,7,10,13,15H2,1-3H3,(H,25,29)/t16-/m0/s1. The van der Waals surface area contributed by atoms with Crippen molar-refractivity contribution in [2.45, 2.75) is 32.4 Å². The highest BCUT2D eigenvalue weighted by atomic mass is 35.5. The van der Waals surface area contributed by atoms with E-state index < -0.39 is 16.1 Å². The number of halogens is 2. The van der Waals surface area contributed by atoms with Crippen molar-refractivity contribution in [1.29, 1.82) is 0 Å². The fourth-order valence-corrected chi connectivity index (χ4v) is 4.64. The maximum Gasteiger partial charge on any atom is 0.242 e. The van der Waals surface area contributed by atoms with Crippen molar-refractivity contribution in [2.75, 3.05) is 24.2 Å². The molecule has 0 bridgehead atoms. The van der Waals surface area contributed by atoms with Crippen molar-refractivity contribution in [3.8, 4) is 0 Å². The van der Waals surface area contributed by atoms with Crippen LogP contribution in [0.5, 0.6) is 0 Å². The first kappa shape index (κ1) is 26.0. The van der Waals surface area contributed by atoms with E-state index in [1.807, 2.05) is 30.3 Å². The number of nitrogens with one attached hydrogen (secondary N) is 1. The molecule has 32 heavy (non-hydrogen) atoms. The molecule has 0 aliphatic heterocycles. The number of nitrogens with zero attached hydrogens (tertiary/aromatic N) is 2. The summed E-state index contributed by atoms with van der Waals surface area (Å²) in [6, 6.07) is 13.2. The lowest BCUT2D eigenvalue weighted by atomic mass is 10.1. The summed E-state index contributed by atoms with van der Waals surface area (Å²) in [6.07, 6.45) is 1.36. The third-order valence-corrected chi connectivity index (χ3v) is 6.67. The molecule has 2 aromatic carbocycles. The van der Waals surface area contributed by atoms with Gasteiger partial charge >= 0.3 is 0 Å². The van der Waals surface area contributed by atoms with Crippen molar-refractivity contribution in [1.82, 2.24) is 10.2 Å². The van der Waals surface area contributed by atoms with E-state index in [1.54, 1.807) is 13.0 Å². The number of rotatable bonds is 10. The van der Waals surface area contributed by atoms with Gasteiger partial charge < -0.3 is 10.2 Å². The number of hydrogen-bond donors (Lipinski definition) is 1. The first-order valence-electron chi connectivity index (χ1n) is 10.0. The fraction of sp³-hybridized carbons (Fsp3) is 0.364. The van der Waals surface area contributed by atoms with Crippen LogP contribution in [-0.2, 0) is 26.2 Å². The van der Waals surface area contributed by atoms with Crippen LogP contribution >= 0.6 is 23.2 Å². The molecule has 2 rings (SSSR count). The summed E-state index contributed by atoms with van der Waals surface area (Å²) in [5.74, 6) is -0.534. The normalized spacial score (nSPS) is 12.2. The summed E-state index contributed by atoms with van der Waals surface area (Å²) < 4.78 is 25.9. The van der Waals surface area contributed by atoms with Crippen LogP contribution in [0.15, 0.2) is 48.5 Å². The molecule has 0 fully saturated rings. The minimum Gasteiger partial charge on any atom is -0.357 e. The maximum absolute atomic E-state index is 13.0. The SMILES string of the molecule is CNC(=O)[C@H](C)N(Cc1ccccc1)C(=O)CCCN(c1cc(Cl)ccc1Cl)S(C)(=O)=O. The van der Waals surface area contributed by atoms with Crippen LogP contribution in [0.25, 0.3) is 0 Å². The lowest BCUT2D eigenvalue weighted by Gasteiger charge is -2.29. The van der Waals surface area contributed by atoms with E-state index in [0.29, 0.717) is 5.02 Å². The Morgan fingerprint density at radius 3 is 2.34 bits per heavy atom. The molecule has 0 aromatic heterocycles. The molecule has 0 radical (unpaired) electrons. The number of likely N-dealkylation sites (N-methyl/N-ethyl adjacent to an activating group) is 1. The summed E-state index contributed by atoms with van der Waals surface area (Å²) >= 11 is 12.2. The largest absolute Gasteiger partial charge is 0.357 e. The van der Waals surface area contributed by atoms with Gasteiger partial charge in [-0.2, -0.15) is 0 Å². The van der Waals surface area contributed by atoms with Gasteiger partial charge in [0.2, 0.25) is 21.8 Å². The number of benzene rings is 2. The third kappa shape index (κ3) is 7.12. The lowest BCUT2D eigenvalue weighted by molar-refractivity contribution is -0.140. The van der Waals surface area contributed by atoms with Crippen LogP contribution in [-0.4, -0.2) is 51.0 Å². The van der Waals surface area contributed by atoms with Gasteiger partial charge in [-0.05, 0) is 37.1 Å². The maximum atomic E-state index is 13.0. The predicted octanol–water partition coefficient (Wildman–Crippen LogP) is 3.70. The van der Waals surface area contributed by atoms with E-state index in [4.69, 9.17) is 23.2 Å². The second-order valence-electron chi connectivity index (χ2n) is 7.33. The Balaban J connectivity index is 2.16. The molecule has 0 spiro atoms. The summed E-state index contributed by atoms with van der Waals surface area (Å²) in [5, 5.41) is 3.16. The molecule has 0 saturated heterocycles. The van der Waals surface area contributed by atoms with Crippen LogP contribution in [0.3, 0.4) is 0 Å². The Bertz CT molecular complexity index is 1050. The van der Waals surface area contributed by atoms with E-state index in [1.165, 1.54) is 24.1 Å². The molecule has 174 valence electrons. The lowest BCUT2D eigenvalue weighted by Crippen LogP contribution is -2.46. The van der Waals surface area contributed by atoms with Gasteiger partial charge in [0.25, 0.3) is 0 Å².